The lowest BCUT2D eigenvalue weighted by molar-refractivity contribution is -0.394. The lowest BCUT2D eigenvalue weighted by Gasteiger charge is -1.98. The normalized spacial score (nSPS) is 10.5. The molecule has 0 atom stereocenters. The summed E-state index contributed by atoms with van der Waals surface area (Å²) in [5, 5.41) is 32.0. The van der Waals surface area contributed by atoms with Crippen LogP contribution >= 0.6 is 0 Å². The van der Waals surface area contributed by atoms with Crippen LogP contribution in [0.4, 0.5) is 11.4 Å². The lowest BCUT2D eigenvalue weighted by atomic mass is 10.1. The van der Waals surface area contributed by atoms with Gasteiger partial charge in [0.15, 0.2) is 0 Å². The largest absolute Gasteiger partial charge is 0.411 e. The Bertz CT molecular complexity index is 457. The van der Waals surface area contributed by atoms with Crippen molar-refractivity contribution >= 4 is 17.6 Å². The van der Waals surface area contributed by atoms with E-state index in [1.165, 1.54) is 6.07 Å². The van der Waals surface area contributed by atoms with Crippen molar-refractivity contribution in [2.75, 3.05) is 0 Å². The Morgan fingerprint density at radius 3 is 2.50 bits per heavy atom. The van der Waals surface area contributed by atoms with Gasteiger partial charge in [0.1, 0.15) is 0 Å². The van der Waals surface area contributed by atoms with Crippen LogP contribution in [0.25, 0.3) is 0 Å². The van der Waals surface area contributed by atoms with Crippen LogP contribution in [0, 0.1) is 20.2 Å². The fourth-order valence-corrected chi connectivity index (χ4v) is 1.15. The highest BCUT2D eigenvalue weighted by molar-refractivity contribution is 5.64. The zero-order chi connectivity index (χ0) is 12.1. The number of nitro groups is 2. The molecule has 1 aromatic rings. The molecular formula is C8H7N3O5. The van der Waals surface area contributed by atoms with Crippen LogP contribution < -0.4 is 0 Å². The molecule has 84 valence electrons. The standard InChI is InChI=1S/C8H7N3O5/c12-9-4-3-6-1-2-7(10(13)14)5-8(6)11(15)16/h1-2,4-5,12H,3H2. The smallest absolute Gasteiger partial charge is 0.279 e. The van der Waals surface area contributed by atoms with Crippen molar-refractivity contribution in [1.29, 1.82) is 0 Å². The second-order valence-corrected chi connectivity index (χ2v) is 2.83. The van der Waals surface area contributed by atoms with Crippen LogP contribution in [0.15, 0.2) is 23.4 Å². The number of nitrogens with zero attached hydrogens (tertiary/aromatic N) is 3. The van der Waals surface area contributed by atoms with E-state index in [9.17, 15) is 20.2 Å². The third-order valence-corrected chi connectivity index (χ3v) is 1.87. The van der Waals surface area contributed by atoms with E-state index >= 15 is 0 Å². The molecule has 0 unspecified atom stereocenters. The summed E-state index contributed by atoms with van der Waals surface area (Å²) in [5.41, 5.74) is -0.473. The SMILES string of the molecule is O=[N+]([O-])c1ccc(CC=NO)c([N+](=O)[O-])c1. The van der Waals surface area contributed by atoms with Gasteiger partial charge in [-0.25, -0.2) is 0 Å². The highest BCUT2D eigenvalue weighted by Crippen LogP contribution is 2.24. The van der Waals surface area contributed by atoms with E-state index in [1.54, 1.807) is 0 Å². The molecule has 1 aromatic carbocycles. The van der Waals surface area contributed by atoms with Crippen molar-refractivity contribution in [1.82, 2.24) is 0 Å². The summed E-state index contributed by atoms with van der Waals surface area (Å²) >= 11 is 0. The molecule has 0 saturated heterocycles. The first-order valence-corrected chi connectivity index (χ1v) is 4.14. The molecule has 0 aliphatic carbocycles. The van der Waals surface area contributed by atoms with Crippen molar-refractivity contribution in [3.05, 3.63) is 44.0 Å². The molecule has 0 aromatic heterocycles. The third kappa shape index (κ3) is 2.50. The van der Waals surface area contributed by atoms with Gasteiger partial charge >= 0.3 is 0 Å². The maximum Gasteiger partial charge on any atom is 0.279 e. The number of nitro benzene ring substituents is 2. The Balaban J connectivity index is 3.19. The molecule has 1 N–H and O–H groups in total. The zero-order valence-corrected chi connectivity index (χ0v) is 7.94. The van der Waals surface area contributed by atoms with E-state index in [0.29, 0.717) is 0 Å². The van der Waals surface area contributed by atoms with Gasteiger partial charge in [-0.15, -0.1) is 5.16 Å². The highest BCUT2D eigenvalue weighted by atomic mass is 16.6. The zero-order valence-electron chi connectivity index (χ0n) is 7.94. The molecule has 0 bridgehead atoms. The minimum absolute atomic E-state index is 0.0325. The Morgan fingerprint density at radius 2 is 2.00 bits per heavy atom. The first-order valence-electron chi connectivity index (χ1n) is 4.14. The molecule has 16 heavy (non-hydrogen) atoms. The summed E-state index contributed by atoms with van der Waals surface area (Å²) in [6.45, 7) is 0. The minimum Gasteiger partial charge on any atom is -0.411 e. The quantitative estimate of drug-likeness (QED) is 0.360. The maximum absolute atomic E-state index is 10.6. The van der Waals surface area contributed by atoms with Crippen LogP contribution in [-0.2, 0) is 6.42 Å². The topological polar surface area (TPSA) is 119 Å². The molecular weight excluding hydrogens is 218 g/mol. The van der Waals surface area contributed by atoms with E-state index < -0.39 is 9.85 Å². The van der Waals surface area contributed by atoms with Crippen molar-refractivity contribution < 1.29 is 15.1 Å². The first-order chi connectivity index (χ1) is 7.56. The predicted molar refractivity (Wildman–Crippen MR) is 53.7 cm³/mol. The maximum atomic E-state index is 10.6. The van der Waals surface area contributed by atoms with Crippen LogP contribution in [0.3, 0.4) is 0 Å². The summed E-state index contributed by atoms with van der Waals surface area (Å²) in [7, 11) is 0. The molecule has 0 aliphatic rings. The highest BCUT2D eigenvalue weighted by Gasteiger charge is 2.18. The van der Waals surface area contributed by atoms with E-state index in [2.05, 4.69) is 5.16 Å². The van der Waals surface area contributed by atoms with Crippen LogP contribution in [0.2, 0.25) is 0 Å². The Kier molecular flexibility index (Phi) is 3.49. The summed E-state index contributed by atoms with van der Waals surface area (Å²) < 4.78 is 0. The Hall–Kier alpha value is -2.51. The predicted octanol–water partition coefficient (Wildman–Crippen LogP) is 1.51. The van der Waals surface area contributed by atoms with E-state index in [1.807, 2.05) is 0 Å². The van der Waals surface area contributed by atoms with Gasteiger partial charge in [0.25, 0.3) is 11.4 Å². The summed E-state index contributed by atoms with van der Waals surface area (Å²) in [6.07, 6.45) is 1.10. The molecule has 0 aliphatic heterocycles. The average molecular weight is 225 g/mol. The van der Waals surface area contributed by atoms with Crippen molar-refractivity contribution in [3.8, 4) is 0 Å². The minimum atomic E-state index is -0.715. The van der Waals surface area contributed by atoms with Gasteiger partial charge in [-0.2, -0.15) is 0 Å². The molecule has 0 radical (unpaired) electrons. The average Bonchev–Trinajstić information content (AvgIpc) is 2.25. The van der Waals surface area contributed by atoms with E-state index in [-0.39, 0.29) is 23.4 Å². The molecule has 1 rings (SSSR count). The number of oxime groups is 1. The van der Waals surface area contributed by atoms with Crippen LogP contribution in [0.1, 0.15) is 5.56 Å². The lowest BCUT2D eigenvalue weighted by Crippen LogP contribution is -1.98. The van der Waals surface area contributed by atoms with Gasteiger partial charge in [-0.3, -0.25) is 20.2 Å². The van der Waals surface area contributed by atoms with Crippen LogP contribution in [0.5, 0.6) is 0 Å². The molecule has 0 amide bonds. The third-order valence-electron chi connectivity index (χ3n) is 1.87. The fraction of sp³-hybridized carbons (Fsp3) is 0.125. The number of benzene rings is 1. The van der Waals surface area contributed by atoms with Gasteiger partial charge in [0, 0.05) is 24.3 Å². The molecule has 8 nitrogen and oxygen atoms in total. The van der Waals surface area contributed by atoms with Gasteiger partial charge in [-0.05, 0) is 6.07 Å². The molecule has 0 spiro atoms. The van der Waals surface area contributed by atoms with Gasteiger partial charge in [0.2, 0.25) is 0 Å². The van der Waals surface area contributed by atoms with Crippen molar-refractivity contribution in [2.45, 2.75) is 6.42 Å². The van der Waals surface area contributed by atoms with E-state index in [0.717, 1.165) is 18.3 Å². The Morgan fingerprint density at radius 1 is 1.31 bits per heavy atom. The van der Waals surface area contributed by atoms with Gasteiger partial charge in [0.05, 0.1) is 15.9 Å². The van der Waals surface area contributed by atoms with Gasteiger partial charge < -0.3 is 5.21 Å². The molecule has 0 saturated carbocycles. The Labute approximate surface area is 89.1 Å². The fourth-order valence-electron chi connectivity index (χ4n) is 1.15. The number of non-ortho nitro benzene ring substituents is 1. The summed E-state index contributed by atoms with van der Waals surface area (Å²) in [4.78, 5) is 19.6. The summed E-state index contributed by atoms with van der Waals surface area (Å²) in [5.74, 6) is 0. The second-order valence-electron chi connectivity index (χ2n) is 2.83. The monoisotopic (exact) mass is 225 g/mol. The number of rotatable bonds is 4. The first kappa shape index (κ1) is 11.6. The van der Waals surface area contributed by atoms with Crippen molar-refractivity contribution in [3.63, 3.8) is 0 Å². The second kappa shape index (κ2) is 4.82. The number of hydrogen-bond acceptors (Lipinski definition) is 6. The van der Waals surface area contributed by atoms with Gasteiger partial charge in [-0.1, -0.05) is 0 Å². The van der Waals surface area contributed by atoms with Crippen LogP contribution in [-0.4, -0.2) is 21.3 Å². The molecule has 0 heterocycles. The van der Waals surface area contributed by atoms with E-state index in [4.69, 9.17) is 5.21 Å². The summed E-state index contributed by atoms with van der Waals surface area (Å²) in [6, 6.07) is 3.30. The molecule has 0 fully saturated rings. The molecule has 8 heteroatoms. The number of hydrogen-bond donors (Lipinski definition) is 1. The van der Waals surface area contributed by atoms with Crippen molar-refractivity contribution in [2.24, 2.45) is 5.16 Å².